The molecule has 0 saturated heterocycles. The van der Waals surface area contributed by atoms with E-state index in [9.17, 15) is 17.6 Å². The Balaban J connectivity index is 1.63. The largest absolute Gasteiger partial charge is 0.382 e. The highest BCUT2D eigenvalue weighted by atomic mass is 32.2. The summed E-state index contributed by atoms with van der Waals surface area (Å²) in [5.41, 5.74) is 8.36. The molecule has 1 fully saturated rings. The highest BCUT2D eigenvalue weighted by Crippen LogP contribution is 2.26. The number of hydrogen-bond donors (Lipinski definition) is 3. The van der Waals surface area contributed by atoms with Crippen LogP contribution >= 0.6 is 0 Å². The molecule has 5 N–H and O–H groups in total. The van der Waals surface area contributed by atoms with Gasteiger partial charge in [0, 0.05) is 25.1 Å². The van der Waals surface area contributed by atoms with Gasteiger partial charge in [-0.15, -0.1) is 0 Å². The second-order valence-electron chi connectivity index (χ2n) is 9.72. The molecule has 4 rings (SSSR count). The molecule has 2 aromatic carbocycles. The van der Waals surface area contributed by atoms with Gasteiger partial charge in [0.15, 0.2) is 0 Å². The summed E-state index contributed by atoms with van der Waals surface area (Å²) in [6.45, 7) is 0. The number of amidine groups is 1. The van der Waals surface area contributed by atoms with Gasteiger partial charge in [-0.05, 0) is 73.4 Å². The number of likely N-dealkylation sites (N-methyl/N-ethyl adjacent to an activating group) is 1. The van der Waals surface area contributed by atoms with E-state index < -0.39 is 21.9 Å². The number of hydrogen-bond acceptors (Lipinski definition) is 5. The third-order valence-electron chi connectivity index (χ3n) is 7.36. The molecule has 1 saturated carbocycles. The summed E-state index contributed by atoms with van der Waals surface area (Å²) >= 11 is 0. The van der Waals surface area contributed by atoms with Crippen molar-refractivity contribution in [2.45, 2.75) is 74.8 Å². The summed E-state index contributed by atoms with van der Waals surface area (Å²) in [5, 5.41) is 3.37. The van der Waals surface area contributed by atoms with Gasteiger partial charge in [0.2, 0.25) is 15.9 Å². The zero-order valence-electron chi connectivity index (χ0n) is 20.5. The van der Waals surface area contributed by atoms with Crippen molar-refractivity contribution in [1.29, 1.82) is 0 Å². The molecule has 0 heterocycles. The number of carbonyl (C=O) groups excluding carboxylic acids is 1. The standard InChI is InChI=1S/C26H34FN5O3S/c1-32(21-8-4-5-9-21)26(33)24(16-19-10-11-20(15-23(19)27)25(28)30-29)31-36(34,35)22-13-12-17-6-2-3-7-18(17)14-22/h10-15,21,24,31H,2-9,16,29H2,1H3,(H2,28,30)/t24-/m0/s1. The minimum atomic E-state index is -4.03. The molecule has 2 aliphatic rings. The first-order chi connectivity index (χ1) is 17.2. The van der Waals surface area contributed by atoms with Crippen LogP contribution in [0.4, 0.5) is 4.39 Å². The van der Waals surface area contributed by atoms with Crippen molar-refractivity contribution in [2.24, 2.45) is 16.7 Å². The van der Waals surface area contributed by atoms with Crippen molar-refractivity contribution >= 4 is 21.8 Å². The fourth-order valence-electron chi connectivity index (χ4n) is 5.20. The molecule has 1 atom stereocenters. The molecule has 2 aromatic rings. The van der Waals surface area contributed by atoms with E-state index in [2.05, 4.69) is 9.82 Å². The molecule has 1 amide bonds. The van der Waals surface area contributed by atoms with Gasteiger partial charge in [0.1, 0.15) is 17.7 Å². The van der Waals surface area contributed by atoms with E-state index in [0.29, 0.717) is 5.56 Å². The first-order valence-electron chi connectivity index (χ1n) is 12.4. The summed E-state index contributed by atoms with van der Waals surface area (Å²) in [4.78, 5) is 15.3. The van der Waals surface area contributed by atoms with Crippen LogP contribution in [0.15, 0.2) is 46.4 Å². The first kappa shape index (κ1) is 26.1. The van der Waals surface area contributed by atoms with Gasteiger partial charge in [-0.3, -0.25) is 4.79 Å². The van der Waals surface area contributed by atoms with Gasteiger partial charge < -0.3 is 16.5 Å². The molecule has 2 aliphatic carbocycles. The molecule has 0 unspecified atom stereocenters. The molecule has 0 aliphatic heterocycles. The van der Waals surface area contributed by atoms with Crippen LogP contribution in [-0.4, -0.2) is 44.2 Å². The number of fused-ring (bicyclic) bond motifs is 1. The number of benzene rings is 2. The van der Waals surface area contributed by atoms with Crippen LogP contribution in [-0.2, 0) is 34.1 Å². The first-order valence-corrected chi connectivity index (χ1v) is 13.9. The predicted octanol–water partition coefficient (Wildman–Crippen LogP) is 2.57. The number of nitrogens with zero attached hydrogens (tertiary/aromatic N) is 2. The van der Waals surface area contributed by atoms with E-state index in [-0.39, 0.29) is 34.7 Å². The molecule has 194 valence electrons. The Morgan fingerprint density at radius 3 is 2.47 bits per heavy atom. The lowest BCUT2D eigenvalue weighted by atomic mass is 9.92. The number of sulfonamides is 1. The Morgan fingerprint density at radius 1 is 1.11 bits per heavy atom. The fraction of sp³-hybridized carbons (Fsp3) is 0.462. The van der Waals surface area contributed by atoms with E-state index in [0.717, 1.165) is 62.5 Å². The third kappa shape index (κ3) is 5.70. The van der Waals surface area contributed by atoms with Gasteiger partial charge in [-0.1, -0.05) is 31.0 Å². The monoisotopic (exact) mass is 515 g/mol. The van der Waals surface area contributed by atoms with Crippen LogP contribution < -0.4 is 16.3 Å². The van der Waals surface area contributed by atoms with E-state index in [1.54, 1.807) is 30.1 Å². The normalized spacial score (nSPS) is 17.6. The SMILES string of the molecule is CN(C(=O)[C@H](Cc1ccc(/C(N)=N/N)cc1F)NS(=O)(=O)c1ccc2c(c1)CCCC2)C1CCCC1. The van der Waals surface area contributed by atoms with Crippen LogP contribution in [0.2, 0.25) is 0 Å². The average Bonchev–Trinajstić information content (AvgIpc) is 3.42. The predicted molar refractivity (Wildman–Crippen MR) is 137 cm³/mol. The number of rotatable bonds is 8. The lowest BCUT2D eigenvalue weighted by molar-refractivity contribution is -0.133. The zero-order valence-corrected chi connectivity index (χ0v) is 21.4. The smallest absolute Gasteiger partial charge is 0.241 e. The maximum Gasteiger partial charge on any atom is 0.241 e. The van der Waals surface area contributed by atoms with Crippen molar-refractivity contribution in [1.82, 2.24) is 9.62 Å². The number of halogens is 1. The minimum absolute atomic E-state index is 0.0258. The highest BCUT2D eigenvalue weighted by Gasteiger charge is 2.33. The Hall–Kier alpha value is -2.98. The number of nitrogens with two attached hydrogens (primary N) is 2. The quantitative estimate of drug-likeness (QED) is 0.215. The minimum Gasteiger partial charge on any atom is -0.382 e. The van der Waals surface area contributed by atoms with Crippen molar-refractivity contribution in [3.8, 4) is 0 Å². The number of aryl methyl sites for hydroxylation is 2. The Kier molecular flexibility index (Phi) is 7.94. The Bertz CT molecular complexity index is 1260. The lowest BCUT2D eigenvalue weighted by Gasteiger charge is -2.29. The Morgan fingerprint density at radius 2 is 1.81 bits per heavy atom. The van der Waals surface area contributed by atoms with Crippen molar-refractivity contribution in [3.63, 3.8) is 0 Å². The number of nitrogens with one attached hydrogen (secondary N) is 1. The van der Waals surface area contributed by atoms with Crippen molar-refractivity contribution in [3.05, 3.63) is 64.5 Å². The average molecular weight is 516 g/mol. The fourth-order valence-corrected chi connectivity index (χ4v) is 6.44. The summed E-state index contributed by atoms with van der Waals surface area (Å²) in [6, 6.07) is 8.21. The van der Waals surface area contributed by atoms with Crippen LogP contribution in [0.5, 0.6) is 0 Å². The molecular formula is C26H34FN5O3S. The molecule has 0 bridgehead atoms. The van der Waals surface area contributed by atoms with Crippen molar-refractivity contribution < 1.29 is 17.6 Å². The molecule has 0 radical (unpaired) electrons. The molecule has 8 nitrogen and oxygen atoms in total. The summed E-state index contributed by atoms with van der Waals surface area (Å²) in [5.74, 6) is 4.16. The molecule has 0 aromatic heterocycles. The molecule has 36 heavy (non-hydrogen) atoms. The maximum absolute atomic E-state index is 15.0. The van der Waals surface area contributed by atoms with E-state index in [1.807, 2.05) is 6.07 Å². The van der Waals surface area contributed by atoms with Gasteiger partial charge in [-0.2, -0.15) is 9.82 Å². The molecule has 10 heteroatoms. The third-order valence-corrected chi connectivity index (χ3v) is 8.83. The van der Waals surface area contributed by atoms with E-state index >= 15 is 0 Å². The van der Waals surface area contributed by atoms with Crippen LogP contribution in [0.1, 0.15) is 60.8 Å². The van der Waals surface area contributed by atoms with Crippen LogP contribution in [0.3, 0.4) is 0 Å². The summed E-state index contributed by atoms with van der Waals surface area (Å²) in [7, 11) is -2.34. The van der Waals surface area contributed by atoms with Crippen LogP contribution in [0.25, 0.3) is 0 Å². The number of hydrazone groups is 1. The van der Waals surface area contributed by atoms with E-state index in [4.69, 9.17) is 11.6 Å². The molecule has 0 spiro atoms. The Labute approximate surface area is 212 Å². The van der Waals surface area contributed by atoms with E-state index in [1.165, 1.54) is 12.1 Å². The van der Waals surface area contributed by atoms with Crippen molar-refractivity contribution in [2.75, 3.05) is 7.05 Å². The van der Waals surface area contributed by atoms with Gasteiger partial charge in [0.05, 0.1) is 4.90 Å². The number of amides is 1. The topological polar surface area (TPSA) is 131 Å². The second kappa shape index (κ2) is 11.0. The summed E-state index contributed by atoms with van der Waals surface area (Å²) in [6.07, 6.45) is 7.51. The van der Waals surface area contributed by atoms with Gasteiger partial charge in [0.25, 0.3) is 0 Å². The second-order valence-corrected chi connectivity index (χ2v) is 11.4. The maximum atomic E-state index is 15.0. The lowest BCUT2D eigenvalue weighted by Crippen LogP contribution is -2.50. The molecular weight excluding hydrogens is 481 g/mol. The van der Waals surface area contributed by atoms with Gasteiger partial charge >= 0.3 is 0 Å². The number of carbonyl (C=O) groups is 1. The highest BCUT2D eigenvalue weighted by molar-refractivity contribution is 7.89. The zero-order chi connectivity index (χ0) is 25.9. The van der Waals surface area contributed by atoms with Crippen LogP contribution in [0, 0.1) is 5.82 Å². The van der Waals surface area contributed by atoms with Gasteiger partial charge in [-0.25, -0.2) is 12.8 Å². The summed E-state index contributed by atoms with van der Waals surface area (Å²) < 4.78 is 44.4.